The lowest BCUT2D eigenvalue weighted by Crippen LogP contribution is -2.38. The second-order valence-corrected chi connectivity index (χ2v) is 2.48. The fraction of sp³-hybridized carbons (Fsp3) is 0.600. The van der Waals surface area contributed by atoms with Gasteiger partial charge in [0, 0.05) is 12.7 Å². The Morgan fingerprint density at radius 2 is 2.20 bits per heavy atom. The van der Waals surface area contributed by atoms with Crippen LogP contribution in [0.1, 0.15) is 6.92 Å². The van der Waals surface area contributed by atoms with Gasteiger partial charge in [-0.25, -0.2) is 0 Å². The number of nitrogens with one attached hydrogen (secondary N) is 1. The molecule has 1 amide bonds. The van der Waals surface area contributed by atoms with Crippen molar-refractivity contribution in [2.24, 2.45) is 0 Å². The van der Waals surface area contributed by atoms with Crippen LogP contribution in [0.15, 0.2) is 0 Å². The van der Waals surface area contributed by atoms with E-state index in [2.05, 4.69) is 17.9 Å². The number of halogens is 1. The second kappa shape index (κ2) is 4.57. The van der Waals surface area contributed by atoms with Crippen molar-refractivity contribution < 1.29 is 9.59 Å². The van der Waals surface area contributed by atoms with Crippen molar-refractivity contribution in [3.05, 3.63) is 0 Å². The van der Waals surface area contributed by atoms with Crippen LogP contribution in [0.5, 0.6) is 0 Å². The highest BCUT2D eigenvalue weighted by atomic mass is 35.5. The summed E-state index contributed by atoms with van der Waals surface area (Å²) in [4.78, 5) is 20.8. The number of carbonyl (C=O) groups is 2. The van der Waals surface area contributed by atoms with Crippen molar-refractivity contribution in [3.63, 3.8) is 0 Å². The standard InChI is InChI=1S/C5H8ClNO2S/c1-3(8)7-4(2-10)5(6)9/h4,10H,2H2,1H3,(H,7,8)/t4-/m0/s1. The summed E-state index contributed by atoms with van der Waals surface area (Å²) in [7, 11) is 0. The molecule has 0 aliphatic carbocycles. The van der Waals surface area contributed by atoms with Gasteiger partial charge in [-0.1, -0.05) is 0 Å². The van der Waals surface area contributed by atoms with E-state index in [4.69, 9.17) is 11.6 Å². The summed E-state index contributed by atoms with van der Waals surface area (Å²) >= 11 is 8.90. The highest BCUT2D eigenvalue weighted by molar-refractivity contribution is 7.80. The van der Waals surface area contributed by atoms with Crippen molar-refractivity contribution in [2.75, 3.05) is 5.75 Å². The Morgan fingerprint density at radius 1 is 1.70 bits per heavy atom. The third-order valence-corrected chi connectivity index (χ3v) is 1.46. The summed E-state index contributed by atoms with van der Waals surface area (Å²) < 4.78 is 0. The lowest BCUT2D eigenvalue weighted by molar-refractivity contribution is -0.122. The maximum atomic E-state index is 10.4. The van der Waals surface area contributed by atoms with Crippen LogP contribution in [0, 0.1) is 0 Å². The van der Waals surface area contributed by atoms with Crippen molar-refractivity contribution in [1.29, 1.82) is 0 Å². The molecule has 1 N–H and O–H groups in total. The Kier molecular flexibility index (Phi) is 4.47. The summed E-state index contributed by atoms with van der Waals surface area (Å²) in [5.41, 5.74) is 0. The number of amides is 1. The number of carbonyl (C=O) groups excluding carboxylic acids is 2. The molecule has 0 rings (SSSR count). The molecule has 1 atom stereocenters. The normalized spacial score (nSPS) is 12.3. The third-order valence-electron chi connectivity index (χ3n) is 0.834. The quantitative estimate of drug-likeness (QED) is 0.482. The van der Waals surface area contributed by atoms with Crippen LogP contribution in [0.4, 0.5) is 0 Å². The minimum Gasteiger partial charge on any atom is -0.344 e. The minimum absolute atomic E-state index is 0.224. The second-order valence-electron chi connectivity index (χ2n) is 1.74. The molecule has 0 aromatic heterocycles. The molecule has 0 saturated carbocycles. The average molecular weight is 182 g/mol. The topological polar surface area (TPSA) is 46.2 Å². The van der Waals surface area contributed by atoms with Gasteiger partial charge in [0.2, 0.25) is 11.1 Å². The molecule has 0 saturated heterocycles. The monoisotopic (exact) mass is 181 g/mol. The zero-order valence-electron chi connectivity index (χ0n) is 5.43. The average Bonchev–Trinajstić information content (AvgIpc) is 1.81. The Balaban J connectivity index is 3.83. The van der Waals surface area contributed by atoms with Crippen LogP contribution in [-0.2, 0) is 9.59 Å². The van der Waals surface area contributed by atoms with Crippen LogP contribution in [0.25, 0.3) is 0 Å². The van der Waals surface area contributed by atoms with E-state index in [1.807, 2.05) is 0 Å². The maximum absolute atomic E-state index is 10.4. The first-order chi connectivity index (χ1) is 4.57. The van der Waals surface area contributed by atoms with Gasteiger partial charge in [-0.2, -0.15) is 12.6 Å². The molecular formula is C5H8ClNO2S. The summed E-state index contributed by atoms with van der Waals surface area (Å²) in [6, 6.07) is -0.664. The van der Waals surface area contributed by atoms with E-state index in [-0.39, 0.29) is 11.7 Å². The minimum atomic E-state index is -0.664. The molecule has 0 radical (unpaired) electrons. The predicted molar refractivity (Wildman–Crippen MR) is 42.3 cm³/mol. The Labute approximate surface area is 69.5 Å². The van der Waals surface area contributed by atoms with Crippen molar-refractivity contribution >= 4 is 35.4 Å². The fourth-order valence-electron chi connectivity index (χ4n) is 0.420. The SMILES string of the molecule is CC(=O)N[C@@H](CS)C(=O)Cl. The molecule has 0 aliphatic rings. The molecule has 0 unspecified atom stereocenters. The molecule has 0 spiro atoms. The van der Waals surface area contributed by atoms with E-state index in [1.165, 1.54) is 6.92 Å². The third kappa shape index (κ3) is 3.74. The Morgan fingerprint density at radius 3 is 2.30 bits per heavy atom. The van der Waals surface area contributed by atoms with Crippen molar-refractivity contribution in [1.82, 2.24) is 5.32 Å². The Bertz CT molecular complexity index is 151. The van der Waals surface area contributed by atoms with Crippen LogP contribution in [0.2, 0.25) is 0 Å². The Hall–Kier alpha value is -0.220. The van der Waals surface area contributed by atoms with E-state index in [1.54, 1.807) is 0 Å². The lowest BCUT2D eigenvalue weighted by atomic mass is 10.4. The molecule has 0 aliphatic heterocycles. The van der Waals surface area contributed by atoms with Crippen LogP contribution < -0.4 is 5.32 Å². The van der Waals surface area contributed by atoms with Gasteiger partial charge in [0.15, 0.2) is 0 Å². The molecule has 0 heterocycles. The van der Waals surface area contributed by atoms with E-state index < -0.39 is 11.3 Å². The highest BCUT2D eigenvalue weighted by Crippen LogP contribution is 1.93. The zero-order valence-corrected chi connectivity index (χ0v) is 7.08. The molecule has 10 heavy (non-hydrogen) atoms. The van der Waals surface area contributed by atoms with Crippen molar-refractivity contribution in [3.8, 4) is 0 Å². The van der Waals surface area contributed by atoms with Crippen LogP contribution in [0.3, 0.4) is 0 Å². The first kappa shape index (κ1) is 9.78. The fourth-order valence-corrected chi connectivity index (χ4v) is 0.916. The van der Waals surface area contributed by atoms with Gasteiger partial charge >= 0.3 is 0 Å². The molecule has 0 aromatic carbocycles. The van der Waals surface area contributed by atoms with Gasteiger partial charge in [0.25, 0.3) is 0 Å². The van der Waals surface area contributed by atoms with Crippen LogP contribution in [-0.4, -0.2) is 22.9 Å². The smallest absolute Gasteiger partial charge is 0.244 e. The molecule has 0 fully saturated rings. The lowest BCUT2D eigenvalue weighted by Gasteiger charge is -2.08. The van der Waals surface area contributed by atoms with E-state index in [9.17, 15) is 9.59 Å². The molecule has 3 nitrogen and oxygen atoms in total. The largest absolute Gasteiger partial charge is 0.344 e. The van der Waals surface area contributed by atoms with E-state index >= 15 is 0 Å². The van der Waals surface area contributed by atoms with Gasteiger partial charge in [-0.15, -0.1) is 0 Å². The van der Waals surface area contributed by atoms with Crippen molar-refractivity contribution in [2.45, 2.75) is 13.0 Å². The summed E-state index contributed by atoms with van der Waals surface area (Å²) in [5, 5.41) is 1.74. The number of rotatable bonds is 3. The summed E-state index contributed by atoms with van der Waals surface area (Å²) in [6.45, 7) is 1.32. The molecule has 5 heteroatoms. The predicted octanol–water partition coefficient (Wildman–Crippen LogP) is 0.186. The van der Waals surface area contributed by atoms with Gasteiger partial charge in [-0.05, 0) is 11.6 Å². The number of thiol groups is 1. The first-order valence-electron chi connectivity index (χ1n) is 2.65. The molecular weight excluding hydrogens is 174 g/mol. The first-order valence-corrected chi connectivity index (χ1v) is 3.66. The molecule has 0 bridgehead atoms. The highest BCUT2D eigenvalue weighted by Gasteiger charge is 2.13. The van der Waals surface area contributed by atoms with Gasteiger partial charge in [0.1, 0.15) is 6.04 Å². The van der Waals surface area contributed by atoms with Gasteiger partial charge in [0.05, 0.1) is 0 Å². The molecule has 58 valence electrons. The van der Waals surface area contributed by atoms with Crippen LogP contribution >= 0.6 is 24.2 Å². The molecule has 0 aromatic rings. The van der Waals surface area contributed by atoms with Gasteiger partial charge < -0.3 is 5.32 Å². The van der Waals surface area contributed by atoms with Gasteiger partial charge in [-0.3, -0.25) is 9.59 Å². The maximum Gasteiger partial charge on any atom is 0.244 e. The van der Waals surface area contributed by atoms with E-state index in [0.29, 0.717) is 0 Å². The summed E-state index contributed by atoms with van der Waals surface area (Å²) in [5.74, 6) is -0.0601. The number of hydrogen-bond donors (Lipinski definition) is 2. The van der Waals surface area contributed by atoms with E-state index in [0.717, 1.165) is 0 Å². The summed E-state index contributed by atoms with van der Waals surface area (Å²) in [6.07, 6.45) is 0. The zero-order chi connectivity index (χ0) is 8.15. The number of hydrogen-bond acceptors (Lipinski definition) is 3.